The average Bonchev–Trinajstić information content (AvgIpc) is 3.08. The van der Waals surface area contributed by atoms with Crippen molar-refractivity contribution in [1.29, 1.82) is 0 Å². The molecule has 0 fully saturated rings. The van der Waals surface area contributed by atoms with Gasteiger partial charge < -0.3 is 9.73 Å². The number of nitrogens with zero attached hydrogens (tertiary/aromatic N) is 5. The first-order chi connectivity index (χ1) is 9.78. The van der Waals surface area contributed by atoms with E-state index in [4.69, 9.17) is 4.42 Å². The highest BCUT2D eigenvalue weighted by molar-refractivity contribution is 7.98. The number of aryl methyl sites for hydroxylation is 1. The summed E-state index contributed by atoms with van der Waals surface area (Å²) >= 11 is 1.46. The second-order valence-corrected chi connectivity index (χ2v) is 5.04. The summed E-state index contributed by atoms with van der Waals surface area (Å²) in [6, 6.07) is 0. The van der Waals surface area contributed by atoms with Gasteiger partial charge in [-0.05, 0) is 6.92 Å². The molecule has 0 saturated carbocycles. The molecule has 20 heavy (non-hydrogen) atoms. The molecule has 104 valence electrons. The minimum atomic E-state index is 0.597. The van der Waals surface area contributed by atoms with E-state index >= 15 is 0 Å². The van der Waals surface area contributed by atoms with Gasteiger partial charge in [0.05, 0.1) is 23.5 Å². The lowest BCUT2D eigenvalue weighted by atomic mass is 10.4. The number of rotatable bonds is 5. The molecular weight excluding hydrogens is 276 g/mol. The van der Waals surface area contributed by atoms with Gasteiger partial charge in [0.2, 0.25) is 0 Å². The van der Waals surface area contributed by atoms with Gasteiger partial charge in [-0.2, -0.15) is 5.10 Å². The molecule has 0 saturated heterocycles. The molecule has 3 rings (SSSR count). The molecule has 3 aromatic rings. The van der Waals surface area contributed by atoms with Gasteiger partial charge in [-0.3, -0.25) is 4.68 Å². The van der Waals surface area contributed by atoms with Crippen LogP contribution in [0, 0.1) is 0 Å². The van der Waals surface area contributed by atoms with Gasteiger partial charge in [0.1, 0.15) is 17.9 Å². The monoisotopic (exact) mass is 290 g/mol. The fourth-order valence-electron chi connectivity index (χ4n) is 1.84. The van der Waals surface area contributed by atoms with E-state index in [2.05, 4.69) is 25.4 Å². The van der Waals surface area contributed by atoms with E-state index < -0.39 is 0 Å². The van der Waals surface area contributed by atoms with Crippen molar-refractivity contribution in [3.05, 3.63) is 24.5 Å². The SMILES string of the molecule is CCNc1nc(CSc2ncco2)nc2c1cnn2C. The minimum Gasteiger partial charge on any atom is -0.440 e. The predicted molar refractivity (Wildman–Crippen MR) is 76.5 cm³/mol. The Balaban J connectivity index is 1.91. The molecule has 0 aliphatic rings. The van der Waals surface area contributed by atoms with E-state index in [1.807, 2.05) is 14.0 Å². The molecule has 0 bridgehead atoms. The summed E-state index contributed by atoms with van der Waals surface area (Å²) < 4.78 is 6.94. The Hall–Kier alpha value is -2.09. The Morgan fingerprint density at radius 1 is 1.40 bits per heavy atom. The second-order valence-electron chi connectivity index (χ2n) is 4.11. The molecule has 0 aliphatic heterocycles. The lowest BCUT2D eigenvalue weighted by Crippen LogP contribution is -2.05. The van der Waals surface area contributed by atoms with Gasteiger partial charge >= 0.3 is 0 Å². The van der Waals surface area contributed by atoms with Gasteiger partial charge in [0.25, 0.3) is 5.22 Å². The van der Waals surface area contributed by atoms with Gasteiger partial charge in [-0.15, -0.1) is 0 Å². The third-order valence-corrected chi connectivity index (χ3v) is 3.57. The van der Waals surface area contributed by atoms with Crippen LogP contribution in [0.25, 0.3) is 11.0 Å². The van der Waals surface area contributed by atoms with Crippen LogP contribution < -0.4 is 5.32 Å². The van der Waals surface area contributed by atoms with Crippen molar-refractivity contribution in [2.75, 3.05) is 11.9 Å². The van der Waals surface area contributed by atoms with Crippen LogP contribution in [0.4, 0.5) is 5.82 Å². The van der Waals surface area contributed by atoms with Crippen LogP contribution in [0.1, 0.15) is 12.7 Å². The maximum Gasteiger partial charge on any atom is 0.255 e. The van der Waals surface area contributed by atoms with E-state index in [0.29, 0.717) is 11.0 Å². The lowest BCUT2D eigenvalue weighted by molar-refractivity contribution is 0.454. The molecular formula is C12H14N6OS. The van der Waals surface area contributed by atoms with Crippen molar-refractivity contribution in [3.8, 4) is 0 Å². The molecule has 0 aromatic carbocycles. The summed E-state index contributed by atoms with van der Waals surface area (Å²) in [5.74, 6) is 2.13. The molecule has 8 heteroatoms. The number of aromatic nitrogens is 5. The fraction of sp³-hybridized carbons (Fsp3) is 0.333. The van der Waals surface area contributed by atoms with Gasteiger partial charge in [-0.25, -0.2) is 15.0 Å². The fourth-order valence-corrected chi connectivity index (χ4v) is 2.48. The third kappa shape index (κ3) is 2.46. The van der Waals surface area contributed by atoms with E-state index in [1.165, 1.54) is 11.8 Å². The highest BCUT2D eigenvalue weighted by Crippen LogP contribution is 2.23. The Bertz CT molecular complexity index is 708. The van der Waals surface area contributed by atoms with E-state index in [9.17, 15) is 0 Å². The van der Waals surface area contributed by atoms with Crippen LogP contribution in [-0.2, 0) is 12.8 Å². The third-order valence-electron chi connectivity index (χ3n) is 2.72. The maximum absolute atomic E-state index is 5.19. The summed E-state index contributed by atoms with van der Waals surface area (Å²) in [6.45, 7) is 2.83. The van der Waals surface area contributed by atoms with Crippen molar-refractivity contribution < 1.29 is 4.42 Å². The van der Waals surface area contributed by atoms with Crippen molar-refractivity contribution in [2.45, 2.75) is 17.9 Å². The molecule has 0 atom stereocenters. The lowest BCUT2D eigenvalue weighted by Gasteiger charge is -2.06. The average molecular weight is 290 g/mol. The number of hydrogen-bond acceptors (Lipinski definition) is 7. The molecule has 0 unspecified atom stereocenters. The zero-order valence-electron chi connectivity index (χ0n) is 11.2. The van der Waals surface area contributed by atoms with Crippen LogP contribution in [-0.4, -0.2) is 31.3 Å². The quantitative estimate of drug-likeness (QED) is 0.720. The van der Waals surface area contributed by atoms with Crippen LogP contribution in [0.15, 0.2) is 28.3 Å². The Labute approximate surface area is 119 Å². The molecule has 0 spiro atoms. The molecule has 3 heterocycles. The molecule has 0 amide bonds. The maximum atomic E-state index is 5.19. The van der Waals surface area contributed by atoms with Crippen LogP contribution in [0.2, 0.25) is 0 Å². The van der Waals surface area contributed by atoms with Gasteiger partial charge in [-0.1, -0.05) is 11.8 Å². The summed E-state index contributed by atoms with van der Waals surface area (Å²) in [5, 5.41) is 9.02. The Kier molecular flexibility index (Phi) is 3.55. The second kappa shape index (κ2) is 5.49. The Morgan fingerprint density at radius 2 is 2.30 bits per heavy atom. The Morgan fingerprint density at radius 3 is 3.05 bits per heavy atom. The first-order valence-electron chi connectivity index (χ1n) is 6.22. The summed E-state index contributed by atoms with van der Waals surface area (Å²) in [5.41, 5.74) is 0.818. The summed E-state index contributed by atoms with van der Waals surface area (Å²) in [6.07, 6.45) is 4.95. The predicted octanol–water partition coefficient (Wildman–Crippen LogP) is 2.08. The number of anilines is 1. The molecule has 0 radical (unpaired) electrons. The number of thioether (sulfide) groups is 1. The number of hydrogen-bond donors (Lipinski definition) is 1. The van der Waals surface area contributed by atoms with E-state index in [0.717, 1.165) is 29.2 Å². The first-order valence-corrected chi connectivity index (χ1v) is 7.21. The van der Waals surface area contributed by atoms with E-state index in [-0.39, 0.29) is 0 Å². The minimum absolute atomic E-state index is 0.597. The van der Waals surface area contributed by atoms with E-state index in [1.54, 1.807) is 23.3 Å². The largest absolute Gasteiger partial charge is 0.440 e. The van der Waals surface area contributed by atoms with Crippen LogP contribution in [0.5, 0.6) is 0 Å². The van der Waals surface area contributed by atoms with Crippen LogP contribution in [0.3, 0.4) is 0 Å². The van der Waals surface area contributed by atoms with Crippen LogP contribution >= 0.6 is 11.8 Å². The highest BCUT2D eigenvalue weighted by atomic mass is 32.2. The van der Waals surface area contributed by atoms with Crippen molar-refractivity contribution >= 4 is 28.6 Å². The van der Waals surface area contributed by atoms with Crippen molar-refractivity contribution in [3.63, 3.8) is 0 Å². The van der Waals surface area contributed by atoms with Crippen molar-refractivity contribution in [1.82, 2.24) is 24.7 Å². The normalized spacial score (nSPS) is 11.1. The van der Waals surface area contributed by atoms with Crippen molar-refractivity contribution in [2.24, 2.45) is 7.05 Å². The molecule has 3 aromatic heterocycles. The number of oxazole rings is 1. The standard InChI is InChI=1S/C12H14N6OS/c1-3-13-10-8-6-15-18(2)11(8)17-9(16-10)7-20-12-14-4-5-19-12/h4-6H,3,7H2,1-2H3,(H,13,16,17). The smallest absolute Gasteiger partial charge is 0.255 e. The molecule has 7 nitrogen and oxygen atoms in total. The number of nitrogens with one attached hydrogen (secondary N) is 1. The summed E-state index contributed by atoms with van der Waals surface area (Å²) in [4.78, 5) is 13.1. The molecule has 1 N–H and O–H groups in total. The highest BCUT2D eigenvalue weighted by Gasteiger charge is 2.11. The number of fused-ring (bicyclic) bond motifs is 1. The van der Waals surface area contributed by atoms with Gasteiger partial charge in [0, 0.05) is 13.6 Å². The first kappa shape index (κ1) is 12.9. The molecule has 0 aliphatic carbocycles. The summed E-state index contributed by atoms with van der Waals surface area (Å²) in [7, 11) is 1.87. The topological polar surface area (TPSA) is 81.7 Å². The zero-order valence-corrected chi connectivity index (χ0v) is 12.0. The van der Waals surface area contributed by atoms with Gasteiger partial charge in [0.15, 0.2) is 5.65 Å². The zero-order chi connectivity index (χ0) is 13.9.